The number of ether oxygens (including phenoxy) is 1. The number of alkyl halides is 3. The Balaban J connectivity index is 2.65. The predicted molar refractivity (Wildman–Crippen MR) is 87.8 cm³/mol. The van der Waals surface area contributed by atoms with Crippen LogP contribution in [0.1, 0.15) is 19.4 Å². The highest BCUT2D eigenvalue weighted by Crippen LogP contribution is 2.42. The van der Waals surface area contributed by atoms with Crippen molar-refractivity contribution in [1.82, 2.24) is 10.0 Å². The summed E-state index contributed by atoms with van der Waals surface area (Å²) in [5, 5.41) is 1.88. The Hall–Kier alpha value is -2.40. The second-order valence-electron chi connectivity index (χ2n) is 5.84. The molecule has 0 fully saturated rings. The van der Waals surface area contributed by atoms with Crippen molar-refractivity contribution < 1.29 is 35.9 Å². The molecule has 2 rings (SSSR count). The molecule has 1 atom stereocenters. The molecule has 2 N–H and O–H groups in total. The predicted octanol–water partition coefficient (Wildman–Crippen LogP) is 1.54. The third-order valence-electron chi connectivity index (χ3n) is 3.92. The maximum atomic E-state index is 14.0. The second-order valence-corrected chi connectivity index (χ2v) is 7.52. The summed E-state index contributed by atoms with van der Waals surface area (Å²) in [6, 6.07) is 4.96. The third-order valence-corrected chi connectivity index (χ3v) is 5.38. The Morgan fingerprint density at radius 3 is 2.26 bits per heavy atom. The highest BCUT2D eigenvalue weighted by atomic mass is 32.2. The van der Waals surface area contributed by atoms with E-state index in [-0.39, 0.29) is 6.61 Å². The molecule has 11 heteroatoms. The molecule has 0 spiro atoms. The fraction of sp³-hybridized carbons (Fsp3) is 0.375. The minimum absolute atomic E-state index is 0.261. The molecule has 0 aromatic heterocycles. The molecule has 0 saturated carbocycles. The van der Waals surface area contributed by atoms with E-state index in [0.717, 1.165) is 19.1 Å². The Bertz CT molecular complexity index is 907. The van der Waals surface area contributed by atoms with Gasteiger partial charge in [-0.05, 0) is 32.9 Å². The van der Waals surface area contributed by atoms with Gasteiger partial charge in [-0.2, -0.15) is 17.9 Å². The SMILES string of the molecule is CCOC(=O)C1=C(C)NC(=O)[C@@]1(NS(=O)(=O)c1ccc(C)cc1)C(F)(F)F. The molecule has 1 heterocycles. The number of benzene rings is 1. The smallest absolute Gasteiger partial charge is 0.421 e. The van der Waals surface area contributed by atoms with Gasteiger partial charge in [-0.3, -0.25) is 4.79 Å². The van der Waals surface area contributed by atoms with Crippen LogP contribution in [0.25, 0.3) is 0 Å². The molecular formula is C16H17F3N2O5S. The first-order valence-electron chi connectivity index (χ1n) is 7.74. The molecular weight excluding hydrogens is 389 g/mol. The number of hydrogen-bond acceptors (Lipinski definition) is 5. The van der Waals surface area contributed by atoms with E-state index in [1.54, 1.807) is 6.92 Å². The van der Waals surface area contributed by atoms with Gasteiger partial charge >= 0.3 is 12.1 Å². The maximum Gasteiger partial charge on any atom is 0.421 e. The molecule has 1 aliphatic heterocycles. The van der Waals surface area contributed by atoms with Gasteiger partial charge in [-0.1, -0.05) is 17.7 Å². The van der Waals surface area contributed by atoms with Crippen molar-refractivity contribution in [2.75, 3.05) is 6.61 Å². The Morgan fingerprint density at radius 2 is 1.78 bits per heavy atom. The lowest BCUT2D eigenvalue weighted by atomic mass is 9.91. The number of nitrogens with one attached hydrogen (secondary N) is 2. The first-order valence-corrected chi connectivity index (χ1v) is 9.22. The van der Waals surface area contributed by atoms with Crippen LogP contribution in [0, 0.1) is 6.92 Å². The van der Waals surface area contributed by atoms with E-state index >= 15 is 0 Å². The van der Waals surface area contributed by atoms with Gasteiger partial charge in [0.05, 0.1) is 17.1 Å². The molecule has 27 heavy (non-hydrogen) atoms. The monoisotopic (exact) mass is 406 g/mol. The summed E-state index contributed by atoms with van der Waals surface area (Å²) >= 11 is 0. The van der Waals surface area contributed by atoms with E-state index < -0.39 is 49.8 Å². The maximum absolute atomic E-state index is 14.0. The Labute approximate surface area is 153 Å². The average Bonchev–Trinajstić information content (AvgIpc) is 2.78. The quantitative estimate of drug-likeness (QED) is 0.723. The van der Waals surface area contributed by atoms with Gasteiger partial charge < -0.3 is 10.1 Å². The van der Waals surface area contributed by atoms with Gasteiger partial charge in [0.25, 0.3) is 5.91 Å². The Morgan fingerprint density at radius 1 is 1.22 bits per heavy atom. The summed E-state index contributed by atoms with van der Waals surface area (Å²) in [6.07, 6.45) is -5.45. The van der Waals surface area contributed by atoms with Crippen molar-refractivity contribution in [2.45, 2.75) is 37.4 Å². The minimum Gasteiger partial charge on any atom is -0.463 e. The van der Waals surface area contributed by atoms with Crippen LogP contribution >= 0.6 is 0 Å². The summed E-state index contributed by atoms with van der Waals surface area (Å²) < 4.78 is 73.0. The number of hydrogen-bond donors (Lipinski definition) is 2. The number of halogens is 3. The molecule has 0 bridgehead atoms. The number of sulfonamides is 1. The lowest BCUT2D eigenvalue weighted by molar-refractivity contribution is -0.187. The molecule has 0 radical (unpaired) electrons. The van der Waals surface area contributed by atoms with Crippen LogP contribution in [0.2, 0.25) is 0 Å². The topological polar surface area (TPSA) is 102 Å². The zero-order valence-corrected chi connectivity index (χ0v) is 15.4. The number of rotatable bonds is 5. The standard InChI is InChI=1S/C16H17F3N2O5S/c1-4-26-13(22)12-10(3)20-14(23)15(12,16(17,18)19)21-27(24,25)11-7-5-9(2)6-8-11/h5-8,21H,4H2,1-3H3,(H,20,23)/t15-/m1/s1. The zero-order valence-electron chi connectivity index (χ0n) is 14.6. The summed E-state index contributed by atoms with van der Waals surface area (Å²) in [5.41, 5.74) is -4.70. The first kappa shape index (κ1) is 20.9. The van der Waals surface area contributed by atoms with Crippen LogP contribution in [0.4, 0.5) is 13.2 Å². The highest BCUT2D eigenvalue weighted by molar-refractivity contribution is 7.89. The van der Waals surface area contributed by atoms with Gasteiger partial charge in [0.2, 0.25) is 15.6 Å². The molecule has 7 nitrogen and oxygen atoms in total. The summed E-state index contributed by atoms with van der Waals surface area (Å²) in [5.74, 6) is -3.18. The van der Waals surface area contributed by atoms with E-state index in [2.05, 4.69) is 4.74 Å². The van der Waals surface area contributed by atoms with E-state index in [1.807, 2.05) is 5.32 Å². The Kier molecular flexibility index (Phi) is 5.39. The van der Waals surface area contributed by atoms with Gasteiger partial charge in [-0.25, -0.2) is 13.2 Å². The molecule has 0 aliphatic carbocycles. The number of aryl methyl sites for hydroxylation is 1. The van der Waals surface area contributed by atoms with Crippen molar-refractivity contribution in [3.05, 3.63) is 41.1 Å². The van der Waals surface area contributed by atoms with Crippen LogP contribution in [-0.4, -0.2) is 38.6 Å². The summed E-state index contributed by atoms with van der Waals surface area (Å²) in [4.78, 5) is 23.9. The van der Waals surface area contributed by atoms with Gasteiger partial charge in [0, 0.05) is 5.70 Å². The first-order chi connectivity index (χ1) is 12.4. The number of carbonyl (C=O) groups is 2. The van der Waals surface area contributed by atoms with E-state index in [1.165, 1.54) is 23.8 Å². The second kappa shape index (κ2) is 6.97. The fourth-order valence-electron chi connectivity index (χ4n) is 2.63. The molecule has 0 saturated heterocycles. The molecule has 1 amide bonds. The lowest BCUT2D eigenvalue weighted by Gasteiger charge is -2.31. The van der Waals surface area contributed by atoms with Crippen LogP contribution < -0.4 is 10.0 Å². The number of carbonyl (C=O) groups excluding carboxylic acids is 2. The van der Waals surface area contributed by atoms with Crippen LogP contribution in [0.3, 0.4) is 0 Å². The van der Waals surface area contributed by atoms with E-state index in [0.29, 0.717) is 5.56 Å². The molecule has 1 aromatic rings. The van der Waals surface area contributed by atoms with E-state index in [9.17, 15) is 31.2 Å². The molecule has 1 aliphatic rings. The number of esters is 1. The van der Waals surface area contributed by atoms with Crippen LogP contribution in [0.15, 0.2) is 40.4 Å². The third kappa shape index (κ3) is 3.56. The van der Waals surface area contributed by atoms with Crippen molar-refractivity contribution in [1.29, 1.82) is 0 Å². The molecule has 148 valence electrons. The summed E-state index contributed by atoms with van der Waals surface area (Å²) in [6.45, 7) is 3.82. The van der Waals surface area contributed by atoms with Crippen molar-refractivity contribution in [3.8, 4) is 0 Å². The minimum atomic E-state index is -5.45. The lowest BCUT2D eigenvalue weighted by Crippen LogP contribution is -2.65. The fourth-order valence-corrected chi connectivity index (χ4v) is 3.96. The van der Waals surface area contributed by atoms with Crippen molar-refractivity contribution in [3.63, 3.8) is 0 Å². The van der Waals surface area contributed by atoms with E-state index in [4.69, 9.17) is 0 Å². The average molecular weight is 406 g/mol. The van der Waals surface area contributed by atoms with Crippen molar-refractivity contribution >= 4 is 21.9 Å². The molecule has 0 unspecified atom stereocenters. The van der Waals surface area contributed by atoms with Gasteiger partial charge in [0.1, 0.15) is 0 Å². The molecule has 1 aromatic carbocycles. The van der Waals surface area contributed by atoms with Gasteiger partial charge in [0.15, 0.2) is 0 Å². The van der Waals surface area contributed by atoms with Crippen LogP contribution in [-0.2, 0) is 24.3 Å². The van der Waals surface area contributed by atoms with Crippen LogP contribution in [0.5, 0.6) is 0 Å². The zero-order chi connectivity index (χ0) is 20.6. The largest absolute Gasteiger partial charge is 0.463 e. The normalized spacial score (nSPS) is 20.6. The van der Waals surface area contributed by atoms with Gasteiger partial charge in [-0.15, -0.1) is 0 Å². The highest BCUT2D eigenvalue weighted by Gasteiger charge is 2.69. The summed E-state index contributed by atoms with van der Waals surface area (Å²) in [7, 11) is -4.81. The number of amides is 1. The van der Waals surface area contributed by atoms with Crippen molar-refractivity contribution in [2.24, 2.45) is 0 Å². The number of allylic oxidation sites excluding steroid dienone is 1.